The maximum Gasteiger partial charge on any atom is 0.308 e. The van der Waals surface area contributed by atoms with Gasteiger partial charge in [-0.2, -0.15) is 0 Å². The summed E-state index contributed by atoms with van der Waals surface area (Å²) in [5.74, 6) is -1.81. The molecule has 0 aromatic carbocycles. The van der Waals surface area contributed by atoms with Crippen LogP contribution >= 0.6 is 0 Å². The molecule has 1 N–H and O–H groups in total. The van der Waals surface area contributed by atoms with Crippen LogP contribution in [0.3, 0.4) is 0 Å². The predicted molar refractivity (Wildman–Crippen MR) is 123 cm³/mol. The van der Waals surface area contributed by atoms with Crippen molar-refractivity contribution >= 4 is 11.9 Å². The lowest BCUT2D eigenvalue weighted by Gasteiger charge is -2.29. The number of hydrogen-bond acceptors (Lipinski definition) is 5. The SMILES string of the molecule is CC/C=C\C/C=C\C/C=C\CCCCCC(O)CC(=O)OC(CC(=O)[O-])C[N+](C)(C)C. The zero-order valence-corrected chi connectivity index (χ0v) is 19.9. The highest BCUT2D eigenvalue weighted by molar-refractivity contribution is 5.71. The fourth-order valence-electron chi connectivity index (χ4n) is 3.11. The second kappa shape index (κ2) is 17.7. The zero-order chi connectivity index (χ0) is 23.5. The number of carboxylic acid groups (broad SMARTS) is 1. The van der Waals surface area contributed by atoms with Gasteiger partial charge in [0.05, 0.1) is 33.7 Å². The number of unbranched alkanes of at least 4 members (excludes halogenated alkanes) is 3. The Morgan fingerprint density at radius 3 is 2.13 bits per heavy atom. The smallest absolute Gasteiger partial charge is 0.308 e. The Bertz CT molecular complexity index is 575. The summed E-state index contributed by atoms with van der Waals surface area (Å²) in [5, 5.41) is 20.9. The lowest BCUT2D eigenvalue weighted by atomic mass is 10.1. The largest absolute Gasteiger partial charge is 0.550 e. The fourth-order valence-corrected chi connectivity index (χ4v) is 3.11. The van der Waals surface area contributed by atoms with Gasteiger partial charge in [-0.05, 0) is 38.5 Å². The molecule has 0 saturated carbocycles. The molecule has 0 aliphatic carbocycles. The number of quaternary nitrogens is 1. The van der Waals surface area contributed by atoms with E-state index in [-0.39, 0.29) is 12.8 Å². The Kier molecular flexibility index (Phi) is 16.6. The summed E-state index contributed by atoms with van der Waals surface area (Å²) in [7, 11) is 5.68. The van der Waals surface area contributed by atoms with Crippen LogP contribution in [-0.4, -0.2) is 61.4 Å². The summed E-state index contributed by atoms with van der Waals surface area (Å²) in [6, 6.07) is 0. The first kappa shape index (κ1) is 29.1. The van der Waals surface area contributed by atoms with Gasteiger partial charge in [0.15, 0.2) is 6.10 Å². The first-order valence-electron chi connectivity index (χ1n) is 11.5. The molecule has 0 fully saturated rings. The molecule has 178 valence electrons. The van der Waals surface area contributed by atoms with E-state index >= 15 is 0 Å². The predicted octanol–water partition coefficient (Wildman–Crippen LogP) is 3.30. The van der Waals surface area contributed by atoms with E-state index in [4.69, 9.17) is 4.74 Å². The number of aliphatic hydroxyl groups excluding tert-OH is 1. The minimum atomic E-state index is -1.25. The van der Waals surface area contributed by atoms with Crippen molar-refractivity contribution < 1.29 is 29.0 Å². The second-order valence-corrected chi connectivity index (χ2v) is 8.95. The van der Waals surface area contributed by atoms with E-state index < -0.39 is 24.1 Å². The highest BCUT2D eigenvalue weighted by Crippen LogP contribution is 2.12. The number of ether oxygens (including phenoxy) is 1. The van der Waals surface area contributed by atoms with Crippen molar-refractivity contribution in [3.63, 3.8) is 0 Å². The summed E-state index contributed by atoms with van der Waals surface area (Å²) >= 11 is 0. The maximum absolute atomic E-state index is 12.0. The molecule has 0 spiro atoms. The van der Waals surface area contributed by atoms with Gasteiger partial charge in [-0.1, -0.05) is 56.2 Å². The van der Waals surface area contributed by atoms with Crippen molar-refractivity contribution in [1.29, 1.82) is 0 Å². The Balaban J connectivity index is 3.93. The number of esters is 1. The molecule has 31 heavy (non-hydrogen) atoms. The van der Waals surface area contributed by atoms with Gasteiger partial charge in [-0.15, -0.1) is 0 Å². The summed E-state index contributed by atoms with van der Waals surface area (Å²) in [6.07, 6.45) is 18.5. The van der Waals surface area contributed by atoms with Gasteiger partial charge in [-0.3, -0.25) is 4.79 Å². The van der Waals surface area contributed by atoms with Gasteiger partial charge < -0.3 is 24.2 Å². The molecule has 0 aliphatic heterocycles. The molecular formula is C25H43NO5. The van der Waals surface area contributed by atoms with E-state index in [0.29, 0.717) is 17.4 Å². The molecule has 6 heteroatoms. The number of nitrogens with zero attached hydrogens (tertiary/aromatic N) is 1. The van der Waals surface area contributed by atoms with Crippen molar-refractivity contribution in [3.05, 3.63) is 36.5 Å². The van der Waals surface area contributed by atoms with Crippen molar-refractivity contribution in [1.82, 2.24) is 0 Å². The summed E-state index contributed by atoms with van der Waals surface area (Å²) in [4.78, 5) is 22.9. The van der Waals surface area contributed by atoms with Crippen LogP contribution in [0.15, 0.2) is 36.5 Å². The van der Waals surface area contributed by atoms with Crippen LogP contribution in [0, 0.1) is 0 Å². The van der Waals surface area contributed by atoms with Crippen LogP contribution in [0.2, 0.25) is 0 Å². The van der Waals surface area contributed by atoms with Crippen LogP contribution < -0.4 is 5.11 Å². The number of aliphatic hydroxyl groups is 1. The Labute approximate surface area is 188 Å². The number of hydrogen-bond donors (Lipinski definition) is 1. The summed E-state index contributed by atoms with van der Waals surface area (Å²) in [5.41, 5.74) is 0. The third kappa shape index (κ3) is 21.1. The molecular weight excluding hydrogens is 394 g/mol. The topological polar surface area (TPSA) is 86.7 Å². The van der Waals surface area contributed by atoms with E-state index in [1.165, 1.54) is 0 Å². The standard InChI is InChI=1S/C25H43NO5/c1-5-6-7-8-9-10-11-12-13-14-15-16-17-18-22(27)19-25(30)31-23(20-24(28)29)21-26(2,3)4/h6-7,9-10,12-13,22-23,27H,5,8,11,14-21H2,1-4H3/b7-6-,10-9-,13-12-. The minimum Gasteiger partial charge on any atom is -0.550 e. The Morgan fingerprint density at radius 1 is 0.935 bits per heavy atom. The highest BCUT2D eigenvalue weighted by Gasteiger charge is 2.23. The molecule has 2 unspecified atom stereocenters. The first-order chi connectivity index (χ1) is 14.6. The van der Waals surface area contributed by atoms with Crippen LogP contribution in [0.25, 0.3) is 0 Å². The van der Waals surface area contributed by atoms with Crippen molar-refractivity contribution in [2.24, 2.45) is 0 Å². The lowest BCUT2D eigenvalue weighted by molar-refractivity contribution is -0.873. The van der Waals surface area contributed by atoms with Gasteiger partial charge in [0, 0.05) is 12.4 Å². The molecule has 0 aliphatic rings. The second-order valence-electron chi connectivity index (χ2n) is 8.95. The third-order valence-electron chi connectivity index (χ3n) is 4.53. The Morgan fingerprint density at radius 2 is 1.55 bits per heavy atom. The molecule has 0 amide bonds. The molecule has 0 rings (SSSR count). The number of aliphatic carboxylic acids is 1. The molecule has 2 atom stereocenters. The number of likely N-dealkylation sites (N-methyl/N-ethyl adjacent to an activating group) is 1. The van der Waals surface area contributed by atoms with Crippen LogP contribution in [0.4, 0.5) is 0 Å². The summed E-state index contributed by atoms with van der Waals surface area (Å²) < 4.78 is 5.74. The van der Waals surface area contributed by atoms with Gasteiger partial charge in [0.25, 0.3) is 0 Å². The number of carbonyl (C=O) groups excluding carboxylic acids is 2. The average molecular weight is 438 g/mol. The van der Waals surface area contributed by atoms with Crippen molar-refractivity contribution in [3.8, 4) is 0 Å². The van der Waals surface area contributed by atoms with E-state index in [0.717, 1.165) is 44.9 Å². The third-order valence-corrected chi connectivity index (χ3v) is 4.53. The molecule has 0 aromatic heterocycles. The van der Waals surface area contributed by atoms with E-state index in [9.17, 15) is 19.8 Å². The minimum absolute atomic E-state index is 0.111. The van der Waals surface area contributed by atoms with Crippen molar-refractivity contribution in [2.45, 2.75) is 83.3 Å². The van der Waals surface area contributed by atoms with Gasteiger partial charge >= 0.3 is 5.97 Å². The quantitative estimate of drug-likeness (QED) is 0.154. The number of carboxylic acids is 1. The van der Waals surface area contributed by atoms with Crippen LogP contribution in [0.1, 0.15) is 71.1 Å². The van der Waals surface area contributed by atoms with Crippen LogP contribution in [-0.2, 0) is 14.3 Å². The molecule has 0 radical (unpaired) electrons. The zero-order valence-electron chi connectivity index (χ0n) is 19.9. The van der Waals surface area contributed by atoms with E-state index in [1.54, 1.807) is 0 Å². The summed E-state index contributed by atoms with van der Waals surface area (Å²) in [6.45, 7) is 2.50. The molecule has 0 saturated heterocycles. The molecule has 0 bridgehead atoms. The fraction of sp³-hybridized carbons (Fsp3) is 0.680. The Hall–Kier alpha value is -1.92. The van der Waals surface area contributed by atoms with Gasteiger partial charge in [-0.25, -0.2) is 0 Å². The van der Waals surface area contributed by atoms with Gasteiger partial charge in [0.1, 0.15) is 6.54 Å². The highest BCUT2D eigenvalue weighted by atomic mass is 16.5. The normalized spacial score (nSPS) is 14.5. The number of rotatable bonds is 18. The average Bonchev–Trinajstić information content (AvgIpc) is 2.63. The van der Waals surface area contributed by atoms with E-state index in [2.05, 4.69) is 43.4 Å². The first-order valence-corrected chi connectivity index (χ1v) is 11.5. The molecule has 6 nitrogen and oxygen atoms in total. The number of carbonyl (C=O) groups is 2. The van der Waals surface area contributed by atoms with Crippen LogP contribution in [0.5, 0.6) is 0 Å². The maximum atomic E-state index is 12.0. The lowest BCUT2D eigenvalue weighted by Crippen LogP contribution is -2.45. The number of allylic oxidation sites excluding steroid dienone is 6. The monoisotopic (exact) mass is 437 g/mol. The van der Waals surface area contributed by atoms with Crippen molar-refractivity contribution in [2.75, 3.05) is 27.7 Å². The molecule has 0 aromatic rings. The van der Waals surface area contributed by atoms with Gasteiger partial charge in [0.2, 0.25) is 0 Å². The molecule has 0 heterocycles. The van der Waals surface area contributed by atoms with E-state index in [1.807, 2.05) is 21.1 Å².